The zero-order valence-electron chi connectivity index (χ0n) is 16.6. The van der Waals surface area contributed by atoms with Crippen molar-refractivity contribution in [3.63, 3.8) is 0 Å². The Kier molecular flexibility index (Phi) is 5.03. The molecule has 12 nitrogen and oxygen atoms in total. The number of hydrogen-bond donors (Lipinski definition) is 1. The summed E-state index contributed by atoms with van der Waals surface area (Å²) < 4.78 is 38.7. The maximum absolute atomic E-state index is 12.9. The van der Waals surface area contributed by atoms with Gasteiger partial charge in [0.25, 0.3) is 5.69 Å². The Morgan fingerprint density at radius 1 is 1.26 bits per heavy atom. The average Bonchev–Trinajstić information content (AvgIpc) is 3.25. The Morgan fingerprint density at radius 2 is 1.94 bits per heavy atom. The van der Waals surface area contributed by atoms with Crippen LogP contribution in [0, 0.1) is 24.0 Å². The molecule has 1 aliphatic rings. The van der Waals surface area contributed by atoms with E-state index < -0.39 is 26.6 Å². The molecule has 1 aliphatic heterocycles. The van der Waals surface area contributed by atoms with Gasteiger partial charge in [-0.3, -0.25) is 10.1 Å². The minimum Gasteiger partial charge on any atom is -0.475 e. The zero-order valence-corrected chi connectivity index (χ0v) is 17.4. The highest BCUT2D eigenvalue weighted by Gasteiger charge is 2.31. The molecule has 0 spiro atoms. The number of morpholine rings is 1. The Bertz CT molecular complexity index is 1320. The number of nitro groups is 1. The number of nitro benzene ring substituents is 1. The minimum absolute atomic E-state index is 0.0271. The number of ether oxygens (including phenoxy) is 1. The van der Waals surface area contributed by atoms with E-state index in [1.807, 2.05) is 0 Å². The van der Waals surface area contributed by atoms with Crippen molar-refractivity contribution in [2.45, 2.75) is 18.7 Å². The number of rotatable bonds is 5. The monoisotopic (exact) mass is 450 g/mol. The van der Waals surface area contributed by atoms with Gasteiger partial charge in [0, 0.05) is 24.7 Å². The number of aromatic carboxylic acids is 1. The smallest absolute Gasteiger partial charge is 0.372 e. The molecule has 164 valence electrons. The highest BCUT2D eigenvalue weighted by molar-refractivity contribution is 7.89. The summed E-state index contributed by atoms with van der Waals surface area (Å²) in [6.07, 6.45) is 0. The van der Waals surface area contributed by atoms with Crippen LogP contribution in [0.1, 0.15) is 21.8 Å². The lowest BCUT2D eigenvalue weighted by Crippen LogP contribution is -2.40. The highest BCUT2D eigenvalue weighted by atomic mass is 32.2. The molecule has 3 heterocycles. The fourth-order valence-electron chi connectivity index (χ4n) is 3.61. The van der Waals surface area contributed by atoms with Crippen molar-refractivity contribution in [2.75, 3.05) is 26.3 Å². The minimum atomic E-state index is -3.95. The molecule has 0 bridgehead atoms. The summed E-state index contributed by atoms with van der Waals surface area (Å²) in [5, 5.41) is 25.8. The van der Waals surface area contributed by atoms with Crippen LogP contribution in [0.2, 0.25) is 0 Å². The van der Waals surface area contributed by atoms with E-state index in [1.165, 1.54) is 16.4 Å². The normalized spacial score (nSPS) is 15.4. The first-order chi connectivity index (χ1) is 14.6. The molecule has 13 heteroatoms. The molecule has 1 fully saturated rings. The van der Waals surface area contributed by atoms with E-state index in [0.717, 1.165) is 10.7 Å². The van der Waals surface area contributed by atoms with Crippen molar-refractivity contribution in [1.82, 2.24) is 14.1 Å². The largest absolute Gasteiger partial charge is 0.475 e. The third-order valence-electron chi connectivity index (χ3n) is 5.11. The SMILES string of the molecule is Cc1nn(-c2ccc(S(=O)(=O)N3CCOCC3)cc2[N+](=O)[O-])c2oc(C(=O)O)c(C)c12. The number of carboxylic acid groups (broad SMARTS) is 1. The zero-order chi connectivity index (χ0) is 22.5. The number of nitrogens with zero attached hydrogens (tertiary/aromatic N) is 4. The molecular weight excluding hydrogens is 432 g/mol. The fraction of sp³-hybridized carbons (Fsp3) is 0.333. The Hall–Kier alpha value is -3.29. The molecule has 0 amide bonds. The van der Waals surface area contributed by atoms with Crippen molar-refractivity contribution in [2.24, 2.45) is 0 Å². The number of sulfonamides is 1. The van der Waals surface area contributed by atoms with E-state index in [4.69, 9.17) is 9.15 Å². The van der Waals surface area contributed by atoms with Crippen molar-refractivity contribution in [1.29, 1.82) is 0 Å². The van der Waals surface area contributed by atoms with Gasteiger partial charge in [-0.25, -0.2) is 13.2 Å². The van der Waals surface area contributed by atoms with Crippen LogP contribution in [0.15, 0.2) is 27.5 Å². The summed E-state index contributed by atoms with van der Waals surface area (Å²) in [5.41, 5.74) is 0.238. The lowest BCUT2D eigenvalue weighted by atomic mass is 10.2. The van der Waals surface area contributed by atoms with E-state index >= 15 is 0 Å². The summed E-state index contributed by atoms with van der Waals surface area (Å²) in [5.74, 6) is -1.57. The van der Waals surface area contributed by atoms with Crippen molar-refractivity contribution in [3.8, 4) is 5.69 Å². The maximum Gasteiger partial charge on any atom is 0.372 e. The van der Waals surface area contributed by atoms with Crippen LogP contribution in [-0.2, 0) is 14.8 Å². The second kappa shape index (κ2) is 7.44. The molecule has 0 aliphatic carbocycles. The van der Waals surface area contributed by atoms with Gasteiger partial charge in [-0.1, -0.05) is 0 Å². The number of carboxylic acids is 1. The van der Waals surface area contributed by atoms with Crippen LogP contribution in [0.5, 0.6) is 0 Å². The number of fused-ring (bicyclic) bond motifs is 1. The van der Waals surface area contributed by atoms with Gasteiger partial charge in [-0.2, -0.15) is 14.1 Å². The van der Waals surface area contributed by atoms with Crippen LogP contribution < -0.4 is 0 Å². The van der Waals surface area contributed by atoms with Gasteiger partial charge >= 0.3 is 5.97 Å². The third kappa shape index (κ3) is 3.36. The number of hydrogen-bond acceptors (Lipinski definition) is 8. The molecule has 1 aromatic carbocycles. The molecular formula is C18H18N4O8S. The molecule has 0 unspecified atom stereocenters. The standard InChI is InChI=1S/C18H18N4O8S/c1-10-15-11(2)19-21(17(15)30-16(10)18(23)24)13-4-3-12(9-14(13)22(25)26)31(27,28)20-5-7-29-8-6-20/h3-4,9H,5-8H2,1-2H3,(H,23,24). The van der Waals surface area contributed by atoms with Gasteiger partial charge in [-0.15, -0.1) is 0 Å². The van der Waals surface area contributed by atoms with Gasteiger partial charge in [0.15, 0.2) is 0 Å². The van der Waals surface area contributed by atoms with Gasteiger partial charge in [0.2, 0.25) is 21.5 Å². The fourth-order valence-corrected chi connectivity index (χ4v) is 5.04. The predicted octanol–water partition coefficient (Wildman–Crippen LogP) is 1.86. The van der Waals surface area contributed by atoms with Crippen molar-refractivity contribution in [3.05, 3.63) is 45.3 Å². The van der Waals surface area contributed by atoms with Crippen LogP contribution in [0.3, 0.4) is 0 Å². The van der Waals surface area contributed by atoms with Crippen LogP contribution in [-0.4, -0.2) is 64.8 Å². The Labute approximate surface area is 175 Å². The molecule has 31 heavy (non-hydrogen) atoms. The first kappa shape index (κ1) is 21.0. The molecule has 0 atom stereocenters. The molecule has 4 rings (SSSR count). The summed E-state index contributed by atoms with van der Waals surface area (Å²) in [6.45, 7) is 3.97. The van der Waals surface area contributed by atoms with Gasteiger partial charge in [0.1, 0.15) is 5.69 Å². The lowest BCUT2D eigenvalue weighted by Gasteiger charge is -2.26. The Morgan fingerprint density at radius 3 is 2.55 bits per heavy atom. The number of aryl methyl sites for hydroxylation is 2. The molecule has 3 aromatic rings. The van der Waals surface area contributed by atoms with E-state index in [1.54, 1.807) is 13.8 Å². The quantitative estimate of drug-likeness (QED) is 0.452. The van der Waals surface area contributed by atoms with E-state index in [9.17, 15) is 28.4 Å². The summed E-state index contributed by atoms with van der Waals surface area (Å²) >= 11 is 0. The van der Waals surface area contributed by atoms with Crippen LogP contribution in [0.4, 0.5) is 5.69 Å². The topological polar surface area (TPSA) is 158 Å². The number of aromatic nitrogens is 2. The molecule has 0 radical (unpaired) electrons. The van der Waals surface area contributed by atoms with Crippen molar-refractivity contribution >= 4 is 32.8 Å². The van der Waals surface area contributed by atoms with Gasteiger partial charge < -0.3 is 14.3 Å². The van der Waals surface area contributed by atoms with Gasteiger partial charge in [-0.05, 0) is 26.0 Å². The van der Waals surface area contributed by atoms with Crippen LogP contribution in [0.25, 0.3) is 16.8 Å². The summed E-state index contributed by atoms with van der Waals surface area (Å²) in [7, 11) is -3.95. The second-order valence-corrected chi connectivity index (χ2v) is 8.90. The van der Waals surface area contributed by atoms with E-state index in [0.29, 0.717) is 16.6 Å². The maximum atomic E-state index is 12.9. The molecule has 0 saturated carbocycles. The number of carbonyl (C=O) groups is 1. The average molecular weight is 450 g/mol. The van der Waals surface area contributed by atoms with Crippen molar-refractivity contribution < 1.29 is 32.4 Å². The highest BCUT2D eigenvalue weighted by Crippen LogP contribution is 2.34. The molecule has 1 N–H and O–H groups in total. The first-order valence-corrected chi connectivity index (χ1v) is 10.7. The Balaban J connectivity index is 1.88. The summed E-state index contributed by atoms with van der Waals surface area (Å²) in [4.78, 5) is 22.3. The first-order valence-electron chi connectivity index (χ1n) is 9.21. The third-order valence-corrected chi connectivity index (χ3v) is 7.00. The predicted molar refractivity (Wildman–Crippen MR) is 106 cm³/mol. The van der Waals surface area contributed by atoms with Gasteiger partial charge in [0.05, 0.1) is 34.1 Å². The second-order valence-electron chi connectivity index (χ2n) is 6.96. The van der Waals surface area contributed by atoms with E-state index in [2.05, 4.69) is 5.10 Å². The van der Waals surface area contributed by atoms with E-state index in [-0.39, 0.29) is 48.4 Å². The molecule has 1 saturated heterocycles. The summed E-state index contributed by atoms with van der Waals surface area (Å²) in [6, 6.07) is 3.48. The number of benzene rings is 1. The lowest BCUT2D eigenvalue weighted by molar-refractivity contribution is -0.384. The number of furan rings is 1. The van der Waals surface area contributed by atoms with Crippen LogP contribution >= 0.6 is 0 Å². The molecule has 2 aromatic heterocycles.